The van der Waals surface area contributed by atoms with Crippen molar-refractivity contribution >= 4 is 34.7 Å². The Kier molecular flexibility index (Phi) is 2.95. The molecular formula is C8H8Cl2N2. The molecule has 0 unspecified atom stereocenters. The molecule has 0 aromatic heterocycles. The molecule has 0 radical (unpaired) electrons. The highest BCUT2D eigenvalue weighted by Crippen LogP contribution is 2.29. The topological polar surface area (TPSA) is 35.9 Å². The zero-order valence-corrected chi connectivity index (χ0v) is 8.00. The predicted octanol–water partition coefficient (Wildman–Crippen LogP) is 3.40. The van der Waals surface area contributed by atoms with E-state index in [4.69, 9.17) is 28.6 Å². The molecule has 1 aromatic carbocycles. The maximum absolute atomic E-state index is 7.20. The van der Waals surface area contributed by atoms with Crippen LogP contribution in [0.2, 0.25) is 10.0 Å². The third-order valence-electron chi connectivity index (χ3n) is 1.28. The van der Waals surface area contributed by atoms with Crippen molar-refractivity contribution < 1.29 is 0 Å². The lowest BCUT2D eigenvalue weighted by atomic mass is 10.3. The zero-order valence-electron chi connectivity index (χ0n) is 6.49. The largest absolute Gasteiger partial charge is 0.342 e. The van der Waals surface area contributed by atoms with Crippen LogP contribution in [0.3, 0.4) is 0 Å². The van der Waals surface area contributed by atoms with Crippen LogP contribution in [0.1, 0.15) is 6.92 Å². The second-order valence-corrected chi connectivity index (χ2v) is 3.16. The maximum atomic E-state index is 7.20. The minimum atomic E-state index is 0.310. The summed E-state index contributed by atoms with van der Waals surface area (Å²) in [6, 6.07) is 5.20. The van der Waals surface area contributed by atoms with Crippen LogP contribution in [0, 0.1) is 5.41 Å². The SMILES string of the molecule is CC(=N)Nc1c(Cl)cccc1Cl. The Hall–Kier alpha value is -0.730. The Morgan fingerprint density at radius 1 is 1.33 bits per heavy atom. The molecule has 0 atom stereocenters. The predicted molar refractivity (Wildman–Crippen MR) is 53.5 cm³/mol. The molecule has 2 N–H and O–H groups in total. The van der Waals surface area contributed by atoms with E-state index >= 15 is 0 Å². The van der Waals surface area contributed by atoms with Crippen molar-refractivity contribution in [3.05, 3.63) is 28.2 Å². The van der Waals surface area contributed by atoms with Gasteiger partial charge in [0.05, 0.1) is 21.6 Å². The van der Waals surface area contributed by atoms with Crippen molar-refractivity contribution in [1.82, 2.24) is 0 Å². The van der Waals surface area contributed by atoms with Gasteiger partial charge in [-0.1, -0.05) is 29.3 Å². The number of benzene rings is 1. The second kappa shape index (κ2) is 3.78. The van der Waals surface area contributed by atoms with E-state index in [1.54, 1.807) is 25.1 Å². The molecule has 0 aliphatic carbocycles. The van der Waals surface area contributed by atoms with Gasteiger partial charge in [-0.2, -0.15) is 0 Å². The fraction of sp³-hybridized carbons (Fsp3) is 0.125. The standard InChI is InChI=1S/C8H8Cl2N2/c1-5(11)12-8-6(9)3-2-4-7(8)10/h2-4H,1H3,(H2,11,12). The van der Waals surface area contributed by atoms with Crippen molar-refractivity contribution in [3.63, 3.8) is 0 Å². The summed E-state index contributed by atoms with van der Waals surface area (Å²) in [5.41, 5.74) is 0.591. The number of halogens is 2. The highest BCUT2D eigenvalue weighted by atomic mass is 35.5. The minimum absolute atomic E-state index is 0.310. The summed E-state index contributed by atoms with van der Waals surface area (Å²) < 4.78 is 0. The Morgan fingerprint density at radius 2 is 1.83 bits per heavy atom. The smallest absolute Gasteiger partial charge is 0.0944 e. The first-order chi connectivity index (χ1) is 5.61. The summed E-state index contributed by atoms with van der Waals surface area (Å²) >= 11 is 11.7. The normalized spacial score (nSPS) is 9.58. The van der Waals surface area contributed by atoms with Gasteiger partial charge in [0, 0.05) is 0 Å². The fourth-order valence-electron chi connectivity index (χ4n) is 0.805. The molecule has 4 heteroatoms. The summed E-state index contributed by atoms with van der Waals surface area (Å²) in [7, 11) is 0. The van der Waals surface area contributed by atoms with Crippen molar-refractivity contribution in [3.8, 4) is 0 Å². The van der Waals surface area contributed by atoms with Crippen molar-refractivity contribution in [1.29, 1.82) is 5.41 Å². The van der Waals surface area contributed by atoms with Gasteiger partial charge in [-0.25, -0.2) is 0 Å². The van der Waals surface area contributed by atoms with Crippen molar-refractivity contribution in [2.75, 3.05) is 5.32 Å². The lowest BCUT2D eigenvalue weighted by Gasteiger charge is -2.07. The minimum Gasteiger partial charge on any atom is -0.342 e. The molecule has 64 valence electrons. The van der Waals surface area contributed by atoms with Crippen molar-refractivity contribution in [2.45, 2.75) is 6.92 Å². The Labute approximate surface area is 81.0 Å². The molecule has 1 aromatic rings. The molecule has 1 rings (SSSR count). The molecule has 12 heavy (non-hydrogen) atoms. The van der Waals surface area contributed by atoms with E-state index in [0.717, 1.165) is 0 Å². The molecule has 2 nitrogen and oxygen atoms in total. The van der Waals surface area contributed by atoms with Crippen LogP contribution < -0.4 is 5.32 Å². The molecule has 0 spiro atoms. The highest BCUT2D eigenvalue weighted by molar-refractivity contribution is 6.39. The van der Waals surface area contributed by atoms with Crippen LogP contribution in [0.4, 0.5) is 5.69 Å². The summed E-state index contributed by atoms with van der Waals surface area (Å²) in [6.45, 7) is 1.62. The molecule has 0 bridgehead atoms. The first-order valence-corrected chi connectivity index (χ1v) is 4.13. The Balaban J connectivity index is 3.04. The monoisotopic (exact) mass is 202 g/mol. The number of nitrogens with one attached hydrogen (secondary N) is 2. The average Bonchev–Trinajstić information content (AvgIpc) is 1.97. The Bertz CT molecular complexity index is 290. The number of hydrogen-bond donors (Lipinski definition) is 2. The third kappa shape index (κ3) is 2.13. The number of rotatable bonds is 1. The van der Waals surface area contributed by atoms with Gasteiger partial charge in [0.2, 0.25) is 0 Å². The van der Waals surface area contributed by atoms with Gasteiger partial charge in [-0.3, -0.25) is 5.41 Å². The van der Waals surface area contributed by atoms with E-state index in [0.29, 0.717) is 21.6 Å². The quantitative estimate of drug-likeness (QED) is 0.532. The lowest BCUT2D eigenvalue weighted by molar-refractivity contribution is 1.44. The first kappa shape index (κ1) is 9.36. The van der Waals surface area contributed by atoms with E-state index in [1.807, 2.05) is 0 Å². The van der Waals surface area contributed by atoms with Crippen LogP contribution in [-0.4, -0.2) is 5.84 Å². The molecule has 0 fully saturated rings. The van der Waals surface area contributed by atoms with Gasteiger partial charge in [0.1, 0.15) is 0 Å². The second-order valence-electron chi connectivity index (χ2n) is 2.35. The van der Waals surface area contributed by atoms with Gasteiger partial charge in [0.25, 0.3) is 0 Å². The van der Waals surface area contributed by atoms with Gasteiger partial charge in [0.15, 0.2) is 0 Å². The Morgan fingerprint density at radius 3 is 2.25 bits per heavy atom. The highest BCUT2D eigenvalue weighted by Gasteiger charge is 2.03. The summed E-state index contributed by atoms with van der Waals surface area (Å²) in [5.74, 6) is 0.310. The van der Waals surface area contributed by atoms with Gasteiger partial charge in [-0.15, -0.1) is 0 Å². The van der Waals surface area contributed by atoms with Gasteiger partial charge in [-0.05, 0) is 19.1 Å². The van der Waals surface area contributed by atoms with E-state index in [9.17, 15) is 0 Å². The molecular weight excluding hydrogens is 195 g/mol. The lowest BCUT2D eigenvalue weighted by Crippen LogP contribution is -2.05. The average molecular weight is 203 g/mol. The molecule has 0 aliphatic heterocycles. The molecule has 0 amide bonds. The van der Waals surface area contributed by atoms with Crippen LogP contribution in [-0.2, 0) is 0 Å². The molecule has 0 heterocycles. The number of amidine groups is 1. The number of anilines is 1. The van der Waals surface area contributed by atoms with Crippen LogP contribution in [0.5, 0.6) is 0 Å². The van der Waals surface area contributed by atoms with Gasteiger partial charge >= 0.3 is 0 Å². The zero-order chi connectivity index (χ0) is 9.14. The van der Waals surface area contributed by atoms with Crippen LogP contribution in [0.25, 0.3) is 0 Å². The molecule has 0 saturated heterocycles. The van der Waals surface area contributed by atoms with E-state index in [-0.39, 0.29) is 0 Å². The molecule has 0 saturated carbocycles. The molecule has 0 aliphatic rings. The van der Waals surface area contributed by atoms with Crippen LogP contribution >= 0.6 is 23.2 Å². The number of para-hydroxylation sites is 1. The van der Waals surface area contributed by atoms with Gasteiger partial charge < -0.3 is 5.32 Å². The van der Waals surface area contributed by atoms with E-state index in [1.165, 1.54) is 0 Å². The summed E-state index contributed by atoms with van der Waals surface area (Å²) in [5, 5.41) is 11.0. The summed E-state index contributed by atoms with van der Waals surface area (Å²) in [4.78, 5) is 0. The summed E-state index contributed by atoms with van der Waals surface area (Å²) in [6.07, 6.45) is 0. The van der Waals surface area contributed by atoms with Crippen molar-refractivity contribution in [2.24, 2.45) is 0 Å². The third-order valence-corrected chi connectivity index (χ3v) is 1.91. The van der Waals surface area contributed by atoms with E-state index < -0.39 is 0 Å². The fourth-order valence-corrected chi connectivity index (χ4v) is 1.30. The number of hydrogen-bond acceptors (Lipinski definition) is 1. The van der Waals surface area contributed by atoms with E-state index in [2.05, 4.69) is 5.32 Å². The maximum Gasteiger partial charge on any atom is 0.0944 e. The van der Waals surface area contributed by atoms with Crippen LogP contribution in [0.15, 0.2) is 18.2 Å². The first-order valence-electron chi connectivity index (χ1n) is 3.37.